The molecule has 0 aromatic carbocycles. The van der Waals surface area contributed by atoms with E-state index in [4.69, 9.17) is 33.8 Å². The number of aromatic nitrogens is 2. The number of hydrogen-bond acceptors (Lipinski definition) is 8. The van der Waals surface area contributed by atoms with Crippen LogP contribution in [0.4, 0.5) is 26.3 Å². The summed E-state index contributed by atoms with van der Waals surface area (Å²) in [4.78, 5) is 24.8. The second-order valence-corrected chi connectivity index (χ2v) is 8.61. The zero-order valence-corrected chi connectivity index (χ0v) is 20.8. The van der Waals surface area contributed by atoms with Gasteiger partial charge in [-0.05, 0) is 38.8 Å². The van der Waals surface area contributed by atoms with Crippen molar-refractivity contribution in [3.63, 3.8) is 0 Å². The second kappa shape index (κ2) is 13.7. The fourth-order valence-corrected chi connectivity index (χ4v) is 3.94. The third-order valence-electron chi connectivity index (χ3n) is 5.57. The third kappa shape index (κ3) is 10.4. The molecule has 2 aromatic heterocycles. The molecule has 2 aromatic rings. The number of carbonyl (C=O) groups is 2. The standard InChI is InChI=1S/C19H25N3O3.2C2HF3O2/c1-13-4-3-5-15(20-13)12-24-18-7-6-17-19(18)23-9-8-22(17)11-16-10-14(2)25-21-16;2*3-2(4,5)1(6)7/h3-5,10,17-19H,6-9,11-12H2,1-2H3;2*(H,6,7)/t17-,18+,19+;;/m0../s1. The molecular formula is C23H27F6N3O7. The number of hydrogen-bond donors (Lipinski definition) is 2. The first-order chi connectivity index (χ1) is 18.1. The van der Waals surface area contributed by atoms with Crippen LogP contribution in [0.25, 0.3) is 0 Å². The van der Waals surface area contributed by atoms with Gasteiger partial charge in [0.1, 0.15) is 5.76 Å². The minimum Gasteiger partial charge on any atom is -0.475 e. The Morgan fingerprint density at radius 1 is 1.05 bits per heavy atom. The molecule has 10 nitrogen and oxygen atoms in total. The normalized spacial score (nSPS) is 21.2. The molecule has 2 fully saturated rings. The predicted octanol–water partition coefficient (Wildman–Crippen LogP) is 3.90. The number of morpholine rings is 1. The highest BCUT2D eigenvalue weighted by atomic mass is 19.4. The van der Waals surface area contributed by atoms with E-state index < -0.39 is 24.3 Å². The fraction of sp³-hybridized carbons (Fsp3) is 0.565. The van der Waals surface area contributed by atoms with Gasteiger partial charge in [0, 0.05) is 30.9 Å². The molecule has 0 radical (unpaired) electrons. The van der Waals surface area contributed by atoms with Crippen molar-refractivity contribution in [2.24, 2.45) is 0 Å². The third-order valence-corrected chi connectivity index (χ3v) is 5.57. The van der Waals surface area contributed by atoms with E-state index in [9.17, 15) is 26.3 Å². The maximum atomic E-state index is 10.6. The number of pyridine rings is 1. The van der Waals surface area contributed by atoms with Gasteiger partial charge in [-0.15, -0.1) is 0 Å². The lowest BCUT2D eigenvalue weighted by molar-refractivity contribution is -0.193. The summed E-state index contributed by atoms with van der Waals surface area (Å²) in [7, 11) is 0. The molecule has 1 saturated heterocycles. The number of alkyl halides is 6. The Hall–Kier alpha value is -3.24. The van der Waals surface area contributed by atoms with Gasteiger partial charge in [0.25, 0.3) is 0 Å². The second-order valence-electron chi connectivity index (χ2n) is 8.61. The van der Waals surface area contributed by atoms with Crippen LogP contribution in [-0.2, 0) is 32.2 Å². The molecule has 1 saturated carbocycles. The van der Waals surface area contributed by atoms with Crippen LogP contribution < -0.4 is 0 Å². The molecule has 4 rings (SSSR count). The maximum Gasteiger partial charge on any atom is 0.490 e. The zero-order chi connectivity index (χ0) is 29.4. The van der Waals surface area contributed by atoms with Crippen molar-refractivity contribution in [2.45, 2.75) is 70.4 Å². The first kappa shape index (κ1) is 32.0. The van der Waals surface area contributed by atoms with Gasteiger partial charge in [-0.3, -0.25) is 9.88 Å². The number of carboxylic acid groups (broad SMARTS) is 2. The summed E-state index contributed by atoms with van der Waals surface area (Å²) < 4.78 is 80.9. The highest BCUT2D eigenvalue weighted by Gasteiger charge is 2.43. The first-order valence-corrected chi connectivity index (χ1v) is 11.5. The average Bonchev–Trinajstić information content (AvgIpc) is 3.43. The molecule has 0 amide bonds. The number of ether oxygens (including phenoxy) is 2. The molecule has 3 atom stereocenters. The van der Waals surface area contributed by atoms with Crippen LogP contribution in [0.1, 0.15) is 35.7 Å². The van der Waals surface area contributed by atoms with Crippen LogP contribution in [0.3, 0.4) is 0 Å². The lowest BCUT2D eigenvalue weighted by atomic mass is 10.1. The van der Waals surface area contributed by atoms with E-state index in [0.29, 0.717) is 12.6 Å². The molecular weight excluding hydrogens is 544 g/mol. The Morgan fingerprint density at radius 2 is 1.67 bits per heavy atom. The van der Waals surface area contributed by atoms with Crippen molar-refractivity contribution in [1.82, 2.24) is 15.0 Å². The summed E-state index contributed by atoms with van der Waals surface area (Å²) in [5.41, 5.74) is 2.99. The van der Waals surface area contributed by atoms with Crippen molar-refractivity contribution in [3.05, 3.63) is 47.1 Å². The molecule has 1 aliphatic heterocycles. The minimum absolute atomic E-state index is 0.131. The van der Waals surface area contributed by atoms with E-state index in [2.05, 4.69) is 15.0 Å². The molecule has 0 spiro atoms. The van der Waals surface area contributed by atoms with Crippen LogP contribution in [-0.4, -0.2) is 80.9 Å². The fourth-order valence-electron chi connectivity index (χ4n) is 3.94. The Balaban J connectivity index is 0.000000317. The zero-order valence-electron chi connectivity index (χ0n) is 20.8. The Morgan fingerprint density at radius 3 is 2.18 bits per heavy atom. The number of aryl methyl sites for hydroxylation is 2. The quantitative estimate of drug-likeness (QED) is 0.509. The van der Waals surface area contributed by atoms with Crippen LogP contribution in [0.5, 0.6) is 0 Å². The largest absolute Gasteiger partial charge is 0.490 e. The molecule has 0 bridgehead atoms. The van der Waals surface area contributed by atoms with E-state index in [0.717, 1.165) is 55.4 Å². The van der Waals surface area contributed by atoms with Crippen molar-refractivity contribution < 1.29 is 60.1 Å². The van der Waals surface area contributed by atoms with Crippen molar-refractivity contribution >= 4 is 11.9 Å². The van der Waals surface area contributed by atoms with Crippen molar-refractivity contribution in [3.8, 4) is 0 Å². The molecule has 3 heterocycles. The van der Waals surface area contributed by atoms with E-state index in [1.807, 2.05) is 38.1 Å². The molecule has 16 heteroatoms. The molecule has 0 unspecified atom stereocenters. The summed E-state index contributed by atoms with van der Waals surface area (Å²) in [6.07, 6.45) is -7.79. The summed E-state index contributed by atoms with van der Waals surface area (Å²) in [5, 5.41) is 18.4. The number of nitrogens with zero attached hydrogens (tertiary/aromatic N) is 3. The van der Waals surface area contributed by atoms with Gasteiger partial charge in [-0.2, -0.15) is 26.3 Å². The van der Waals surface area contributed by atoms with Crippen LogP contribution >= 0.6 is 0 Å². The highest BCUT2D eigenvalue weighted by molar-refractivity contribution is 5.73. The SMILES string of the molecule is Cc1cccc(CO[C@@H]2CC[C@H]3[C@H]2OCCN3Cc2cc(C)on2)n1.O=C(O)C(F)(F)F.O=C(O)C(F)(F)F. The summed E-state index contributed by atoms with van der Waals surface area (Å²) >= 11 is 0. The van der Waals surface area contributed by atoms with Gasteiger partial charge in [0.05, 0.1) is 36.8 Å². The van der Waals surface area contributed by atoms with E-state index in [-0.39, 0.29) is 12.2 Å². The van der Waals surface area contributed by atoms with E-state index in [1.54, 1.807) is 0 Å². The molecule has 2 N–H and O–H groups in total. The van der Waals surface area contributed by atoms with E-state index >= 15 is 0 Å². The summed E-state index contributed by atoms with van der Waals surface area (Å²) in [6, 6.07) is 8.44. The molecule has 1 aliphatic carbocycles. The predicted molar refractivity (Wildman–Crippen MR) is 119 cm³/mol. The number of rotatable bonds is 5. The first-order valence-electron chi connectivity index (χ1n) is 11.5. The lowest BCUT2D eigenvalue weighted by Crippen LogP contribution is -2.51. The van der Waals surface area contributed by atoms with Gasteiger partial charge >= 0.3 is 24.3 Å². The van der Waals surface area contributed by atoms with Gasteiger partial charge in [-0.1, -0.05) is 11.2 Å². The Kier molecular flexibility index (Phi) is 11.2. The van der Waals surface area contributed by atoms with Crippen molar-refractivity contribution in [2.75, 3.05) is 13.2 Å². The molecule has 218 valence electrons. The number of fused-ring (bicyclic) bond motifs is 1. The monoisotopic (exact) mass is 571 g/mol. The topological polar surface area (TPSA) is 135 Å². The van der Waals surface area contributed by atoms with Crippen LogP contribution in [0.15, 0.2) is 28.8 Å². The van der Waals surface area contributed by atoms with Gasteiger partial charge in [0.15, 0.2) is 0 Å². The summed E-state index contributed by atoms with van der Waals surface area (Å²) in [5.74, 6) is -4.65. The Bertz CT molecular complexity index is 1070. The molecule has 39 heavy (non-hydrogen) atoms. The van der Waals surface area contributed by atoms with Crippen molar-refractivity contribution in [1.29, 1.82) is 0 Å². The Labute approximate surface area is 218 Å². The van der Waals surface area contributed by atoms with Gasteiger partial charge in [0.2, 0.25) is 0 Å². The number of aliphatic carboxylic acids is 2. The highest BCUT2D eigenvalue weighted by Crippen LogP contribution is 2.33. The number of halogens is 6. The van der Waals surface area contributed by atoms with Crippen LogP contribution in [0.2, 0.25) is 0 Å². The average molecular weight is 571 g/mol. The number of carboxylic acids is 2. The van der Waals surface area contributed by atoms with Gasteiger partial charge in [-0.25, -0.2) is 9.59 Å². The van der Waals surface area contributed by atoms with Crippen LogP contribution in [0, 0.1) is 13.8 Å². The smallest absolute Gasteiger partial charge is 0.475 e. The molecule has 2 aliphatic rings. The lowest BCUT2D eigenvalue weighted by Gasteiger charge is -2.38. The van der Waals surface area contributed by atoms with Gasteiger partial charge < -0.3 is 24.2 Å². The summed E-state index contributed by atoms with van der Waals surface area (Å²) in [6.45, 7) is 6.95. The maximum absolute atomic E-state index is 10.6. The minimum atomic E-state index is -5.08. The van der Waals surface area contributed by atoms with E-state index in [1.165, 1.54) is 0 Å².